The number of aromatic nitrogens is 4. The van der Waals surface area contributed by atoms with Gasteiger partial charge in [-0.1, -0.05) is 12.8 Å². The Labute approximate surface area is 227 Å². The normalized spacial score (nSPS) is 17.7. The molecule has 2 N–H and O–H groups in total. The van der Waals surface area contributed by atoms with Crippen LogP contribution in [0.2, 0.25) is 0 Å². The molecule has 2 aromatic heterocycles. The number of fused-ring (bicyclic) bond motifs is 1. The lowest BCUT2D eigenvalue weighted by Gasteiger charge is -2.31. The van der Waals surface area contributed by atoms with Crippen molar-refractivity contribution in [2.75, 3.05) is 19.7 Å². The summed E-state index contributed by atoms with van der Waals surface area (Å²) in [5.41, 5.74) is 1.06. The number of nitrogens with one attached hydrogen (secondary N) is 1. The SMILES string of the molecule is CCOc1ccc(S(=O)(=O)N2CCC(CCC(=O)O)CC2)cc1-c1nn2c(C3CCCC3)nc(C)c2c(=O)[nH]1. The van der Waals surface area contributed by atoms with Crippen molar-refractivity contribution in [2.45, 2.75) is 76.0 Å². The summed E-state index contributed by atoms with van der Waals surface area (Å²) in [6.45, 7) is 4.64. The molecule has 210 valence electrons. The minimum atomic E-state index is -3.83. The van der Waals surface area contributed by atoms with Gasteiger partial charge in [-0.15, -0.1) is 5.10 Å². The van der Waals surface area contributed by atoms with Gasteiger partial charge in [-0.05, 0) is 70.1 Å². The first kappa shape index (κ1) is 27.3. The highest BCUT2D eigenvalue weighted by atomic mass is 32.2. The summed E-state index contributed by atoms with van der Waals surface area (Å²) in [4.78, 5) is 31.7. The van der Waals surface area contributed by atoms with Crippen molar-refractivity contribution in [1.82, 2.24) is 23.9 Å². The Hall–Kier alpha value is -3.25. The number of nitrogens with zero attached hydrogens (tertiary/aromatic N) is 4. The number of H-pyrrole nitrogens is 1. The van der Waals surface area contributed by atoms with E-state index in [0.29, 0.717) is 61.5 Å². The molecule has 3 heterocycles. The molecule has 5 rings (SSSR count). The van der Waals surface area contributed by atoms with Crippen LogP contribution in [-0.4, -0.2) is 63.1 Å². The molecule has 39 heavy (non-hydrogen) atoms. The number of piperidine rings is 1. The van der Waals surface area contributed by atoms with Crippen LogP contribution in [0.4, 0.5) is 0 Å². The van der Waals surface area contributed by atoms with Crippen molar-refractivity contribution in [3.63, 3.8) is 0 Å². The van der Waals surface area contributed by atoms with E-state index in [9.17, 15) is 18.0 Å². The summed E-state index contributed by atoms with van der Waals surface area (Å²) in [5.74, 6) is 0.988. The summed E-state index contributed by atoms with van der Waals surface area (Å²) >= 11 is 0. The third-order valence-electron chi connectivity index (χ3n) is 7.90. The van der Waals surface area contributed by atoms with Gasteiger partial charge in [0.1, 0.15) is 11.6 Å². The lowest BCUT2D eigenvalue weighted by Crippen LogP contribution is -2.38. The van der Waals surface area contributed by atoms with Crippen LogP contribution < -0.4 is 10.3 Å². The third-order valence-corrected chi connectivity index (χ3v) is 9.80. The highest BCUT2D eigenvalue weighted by Crippen LogP contribution is 2.35. The van der Waals surface area contributed by atoms with E-state index in [4.69, 9.17) is 14.9 Å². The van der Waals surface area contributed by atoms with Crippen LogP contribution in [0, 0.1) is 12.8 Å². The van der Waals surface area contributed by atoms with E-state index < -0.39 is 16.0 Å². The Morgan fingerprint density at radius 1 is 1.18 bits per heavy atom. The second-order valence-electron chi connectivity index (χ2n) is 10.5. The quantitative estimate of drug-likeness (QED) is 0.405. The lowest BCUT2D eigenvalue weighted by atomic mass is 9.93. The number of hydrogen-bond donors (Lipinski definition) is 2. The van der Waals surface area contributed by atoms with Gasteiger partial charge in [0.2, 0.25) is 10.0 Å². The van der Waals surface area contributed by atoms with E-state index in [1.165, 1.54) is 16.4 Å². The first-order chi connectivity index (χ1) is 18.7. The molecule has 0 radical (unpaired) electrons. The van der Waals surface area contributed by atoms with E-state index in [2.05, 4.69) is 9.97 Å². The third kappa shape index (κ3) is 5.44. The first-order valence-electron chi connectivity index (χ1n) is 13.7. The molecule has 0 spiro atoms. The molecule has 12 heteroatoms. The fourth-order valence-electron chi connectivity index (χ4n) is 5.81. The second-order valence-corrected chi connectivity index (χ2v) is 12.4. The molecule has 0 amide bonds. The van der Waals surface area contributed by atoms with Gasteiger partial charge in [0.15, 0.2) is 11.3 Å². The zero-order valence-electron chi connectivity index (χ0n) is 22.4. The number of imidazole rings is 1. The van der Waals surface area contributed by atoms with Gasteiger partial charge in [0, 0.05) is 25.4 Å². The number of rotatable bonds is 9. The number of aliphatic carboxylic acids is 1. The topological polar surface area (TPSA) is 147 Å². The van der Waals surface area contributed by atoms with Crippen LogP contribution in [0.1, 0.15) is 75.7 Å². The number of hydrogen-bond acceptors (Lipinski definition) is 7. The molecule has 2 aliphatic rings. The largest absolute Gasteiger partial charge is 0.493 e. The summed E-state index contributed by atoms with van der Waals surface area (Å²) in [6.07, 6.45) is 6.08. The molecule has 0 bridgehead atoms. The predicted octanol–water partition coefficient (Wildman–Crippen LogP) is 3.71. The summed E-state index contributed by atoms with van der Waals surface area (Å²) < 4.78 is 36.1. The van der Waals surface area contributed by atoms with Crippen molar-refractivity contribution < 1.29 is 23.1 Å². The fourth-order valence-corrected chi connectivity index (χ4v) is 7.31. The number of sulfonamides is 1. The van der Waals surface area contributed by atoms with Crippen molar-refractivity contribution in [1.29, 1.82) is 0 Å². The summed E-state index contributed by atoms with van der Waals surface area (Å²) in [6, 6.07) is 4.63. The van der Waals surface area contributed by atoms with Crippen LogP contribution in [0.25, 0.3) is 16.9 Å². The van der Waals surface area contributed by atoms with Crippen LogP contribution in [0.5, 0.6) is 5.75 Å². The van der Waals surface area contributed by atoms with E-state index in [1.54, 1.807) is 17.5 Å². The number of carboxylic acid groups (broad SMARTS) is 1. The molecule has 2 fully saturated rings. The van der Waals surface area contributed by atoms with Crippen molar-refractivity contribution in [3.8, 4) is 17.1 Å². The van der Waals surface area contributed by atoms with Gasteiger partial charge in [0.05, 0.1) is 22.8 Å². The standard InChI is InChI=1S/C27H35N5O6S/c1-3-38-22-10-9-20(39(36,37)31-14-12-18(13-15-31)8-11-23(33)34)16-21(22)25-29-27(35)24-17(2)28-26(32(24)30-25)19-6-4-5-7-19/h9-10,16,18-19H,3-8,11-15H2,1-2H3,(H,33,34)(H,29,30,35). The van der Waals surface area contributed by atoms with Crippen LogP contribution in [-0.2, 0) is 14.8 Å². The first-order valence-corrected chi connectivity index (χ1v) is 15.1. The Kier molecular flexibility index (Phi) is 7.77. The van der Waals surface area contributed by atoms with Gasteiger partial charge in [-0.25, -0.2) is 17.9 Å². The fraction of sp³-hybridized carbons (Fsp3) is 0.556. The lowest BCUT2D eigenvalue weighted by molar-refractivity contribution is -0.137. The average Bonchev–Trinajstić information content (AvgIpc) is 3.56. The minimum Gasteiger partial charge on any atom is -0.493 e. The molecule has 1 saturated heterocycles. The molecule has 11 nitrogen and oxygen atoms in total. The Balaban J connectivity index is 1.51. The molecule has 1 aliphatic carbocycles. The summed E-state index contributed by atoms with van der Waals surface area (Å²) in [5, 5.41) is 13.7. The van der Waals surface area contributed by atoms with E-state index in [1.807, 2.05) is 6.92 Å². The predicted molar refractivity (Wildman–Crippen MR) is 145 cm³/mol. The van der Waals surface area contributed by atoms with Crippen molar-refractivity contribution >= 4 is 21.5 Å². The van der Waals surface area contributed by atoms with E-state index in [0.717, 1.165) is 31.5 Å². The molecule has 1 aromatic carbocycles. The number of ether oxygens (including phenoxy) is 1. The maximum absolute atomic E-state index is 13.6. The minimum absolute atomic E-state index is 0.0884. The molecule has 1 saturated carbocycles. The summed E-state index contributed by atoms with van der Waals surface area (Å²) in [7, 11) is -3.83. The number of benzene rings is 1. The number of carboxylic acids is 1. The highest BCUT2D eigenvalue weighted by Gasteiger charge is 2.31. The number of aryl methyl sites for hydroxylation is 1. The maximum atomic E-state index is 13.6. The number of carbonyl (C=O) groups is 1. The van der Waals surface area contributed by atoms with E-state index >= 15 is 0 Å². The monoisotopic (exact) mass is 557 g/mol. The van der Waals surface area contributed by atoms with Gasteiger partial charge >= 0.3 is 5.97 Å². The molecule has 0 unspecified atom stereocenters. The Morgan fingerprint density at radius 3 is 2.56 bits per heavy atom. The smallest absolute Gasteiger partial charge is 0.303 e. The average molecular weight is 558 g/mol. The molecule has 0 atom stereocenters. The molecule has 3 aromatic rings. The van der Waals surface area contributed by atoms with Gasteiger partial charge in [0.25, 0.3) is 5.56 Å². The Morgan fingerprint density at radius 2 is 1.90 bits per heavy atom. The van der Waals surface area contributed by atoms with Crippen molar-refractivity contribution in [2.24, 2.45) is 5.92 Å². The van der Waals surface area contributed by atoms with Gasteiger partial charge in [-0.2, -0.15) is 4.31 Å². The molecule has 1 aliphatic heterocycles. The zero-order valence-corrected chi connectivity index (χ0v) is 23.2. The molecular formula is C27H35N5O6S. The van der Waals surface area contributed by atoms with Crippen LogP contribution >= 0.6 is 0 Å². The molecular weight excluding hydrogens is 522 g/mol. The van der Waals surface area contributed by atoms with Crippen LogP contribution in [0.15, 0.2) is 27.9 Å². The highest BCUT2D eigenvalue weighted by molar-refractivity contribution is 7.89. The number of aromatic amines is 1. The van der Waals surface area contributed by atoms with Crippen molar-refractivity contribution in [3.05, 3.63) is 40.1 Å². The van der Waals surface area contributed by atoms with E-state index in [-0.39, 0.29) is 34.5 Å². The zero-order chi connectivity index (χ0) is 27.7. The Bertz CT molecular complexity index is 1530. The second kappa shape index (κ2) is 11.1. The maximum Gasteiger partial charge on any atom is 0.303 e. The van der Waals surface area contributed by atoms with Crippen LogP contribution in [0.3, 0.4) is 0 Å². The van der Waals surface area contributed by atoms with Gasteiger partial charge in [-0.3, -0.25) is 9.59 Å². The van der Waals surface area contributed by atoms with Gasteiger partial charge < -0.3 is 14.8 Å².